The third-order valence-corrected chi connectivity index (χ3v) is 0. The SMILES string of the molecule is C=CC.CN(C)C.Cl. The first-order chi connectivity index (χ1) is 3.15. The number of nitrogens with zero attached hydrogens (tertiary/aromatic N) is 1. The zero-order valence-electron chi connectivity index (χ0n) is 6.14. The van der Waals surface area contributed by atoms with Crippen molar-refractivity contribution in [3.05, 3.63) is 12.7 Å². The molecule has 0 spiro atoms. The van der Waals surface area contributed by atoms with Crippen molar-refractivity contribution in [3.8, 4) is 0 Å². The molecule has 0 saturated heterocycles. The summed E-state index contributed by atoms with van der Waals surface area (Å²) in [6.45, 7) is 5.25. The minimum absolute atomic E-state index is 0. The van der Waals surface area contributed by atoms with Gasteiger partial charge >= 0.3 is 0 Å². The molecule has 0 amide bonds. The fraction of sp³-hybridized carbons (Fsp3) is 0.667. The Morgan fingerprint density at radius 1 is 1.25 bits per heavy atom. The highest BCUT2D eigenvalue weighted by Crippen LogP contribution is 1.47. The number of hydrogen-bond donors (Lipinski definition) is 0. The first kappa shape index (κ1) is 15.7. The molecule has 0 aliphatic heterocycles. The monoisotopic (exact) mass is 137 g/mol. The summed E-state index contributed by atoms with van der Waals surface area (Å²) in [4.78, 5) is 2.00. The first-order valence-corrected chi connectivity index (χ1v) is 2.33. The second-order valence-corrected chi connectivity index (χ2v) is 1.75. The van der Waals surface area contributed by atoms with E-state index in [9.17, 15) is 0 Å². The summed E-state index contributed by atoms with van der Waals surface area (Å²) >= 11 is 0. The van der Waals surface area contributed by atoms with E-state index in [-0.39, 0.29) is 12.4 Å². The van der Waals surface area contributed by atoms with Crippen molar-refractivity contribution in [3.63, 3.8) is 0 Å². The molecule has 0 rings (SSSR count). The number of rotatable bonds is 0. The molecule has 0 atom stereocenters. The third-order valence-electron chi connectivity index (χ3n) is 0. The molecular weight excluding hydrogens is 122 g/mol. The molecule has 0 unspecified atom stereocenters. The third kappa shape index (κ3) is 1490000. The second kappa shape index (κ2) is 15.8. The second-order valence-electron chi connectivity index (χ2n) is 1.75. The standard InChI is InChI=1S/C3H9N.C3H6.ClH/c1-4(2)3;1-3-2;/h1-3H3;3H,1H2,2H3;1H. The summed E-state index contributed by atoms with van der Waals surface area (Å²) in [5, 5.41) is 0. The van der Waals surface area contributed by atoms with Crippen molar-refractivity contribution in [2.45, 2.75) is 6.92 Å². The average Bonchev–Trinajstić information content (AvgIpc) is 1.33. The minimum atomic E-state index is 0. The molecule has 0 aliphatic carbocycles. The smallest absolute Gasteiger partial charge is 0.0140 e. The zero-order valence-corrected chi connectivity index (χ0v) is 6.96. The van der Waals surface area contributed by atoms with Crippen molar-refractivity contribution < 1.29 is 0 Å². The van der Waals surface area contributed by atoms with Crippen LogP contribution in [-0.2, 0) is 0 Å². The first-order valence-electron chi connectivity index (χ1n) is 2.33. The Hall–Kier alpha value is -0.0100. The molecule has 0 bridgehead atoms. The lowest BCUT2D eigenvalue weighted by atomic mass is 10.8. The highest BCUT2D eigenvalue weighted by atomic mass is 35.5. The Bertz CT molecular complexity index is 32.8. The van der Waals surface area contributed by atoms with Crippen LogP contribution in [0.1, 0.15) is 6.92 Å². The molecule has 0 fully saturated rings. The van der Waals surface area contributed by atoms with Gasteiger partial charge in [-0.3, -0.25) is 0 Å². The Balaban J connectivity index is -0.0000000575. The molecule has 1 nitrogen and oxygen atoms in total. The number of hydrogen-bond acceptors (Lipinski definition) is 1. The minimum Gasteiger partial charge on any atom is -0.312 e. The van der Waals surface area contributed by atoms with Crippen LogP contribution in [0.25, 0.3) is 0 Å². The van der Waals surface area contributed by atoms with Crippen LogP contribution in [0, 0.1) is 0 Å². The lowest BCUT2D eigenvalue weighted by Gasteiger charge is -1.90. The fourth-order valence-corrected chi connectivity index (χ4v) is 0. The molecule has 0 aromatic carbocycles. The Morgan fingerprint density at radius 2 is 1.25 bits per heavy atom. The van der Waals surface area contributed by atoms with Gasteiger partial charge in [0.2, 0.25) is 0 Å². The molecule has 2 heteroatoms. The van der Waals surface area contributed by atoms with Crippen molar-refractivity contribution in [1.29, 1.82) is 0 Å². The van der Waals surface area contributed by atoms with Gasteiger partial charge in [-0.05, 0) is 28.1 Å². The quantitative estimate of drug-likeness (QED) is 0.461. The maximum Gasteiger partial charge on any atom is -0.0140 e. The van der Waals surface area contributed by atoms with Crippen LogP contribution < -0.4 is 0 Å². The van der Waals surface area contributed by atoms with E-state index >= 15 is 0 Å². The van der Waals surface area contributed by atoms with Crippen LogP contribution in [0.4, 0.5) is 0 Å². The Morgan fingerprint density at radius 3 is 1.25 bits per heavy atom. The van der Waals surface area contributed by atoms with E-state index < -0.39 is 0 Å². The Labute approximate surface area is 58.8 Å². The molecule has 52 valence electrons. The zero-order chi connectivity index (χ0) is 6.28. The van der Waals surface area contributed by atoms with E-state index in [1.807, 2.05) is 33.0 Å². The van der Waals surface area contributed by atoms with Gasteiger partial charge in [0.25, 0.3) is 0 Å². The summed E-state index contributed by atoms with van der Waals surface area (Å²) in [6, 6.07) is 0. The summed E-state index contributed by atoms with van der Waals surface area (Å²) in [5.41, 5.74) is 0. The predicted octanol–water partition coefficient (Wildman–Crippen LogP) is 1.79. The largest absolute Gasteiger partial charge is 0.312 e. The van der Waals surface area contributed by atoms with Gasteiger partial charge in [-0.15, -0.1) is 19.0 Å². The fourth-order valence-electron chi connectivity index (χ4n) is 0. The summed E-state index contributed by atoms with van der Waals surface area (Å²) in [6.07, 6.45) is 1.75. The van der Waals surface area contributed by atoms with Gasteiger partial charge in [-0.1, -0.05) is 6.08 Å². The topological polar surface area (TPSA) is 3.24 Å². The van der Waals surface area contributed by atoms with E-state index in [2.05, 4.69) is 6.58 Å². The maximum absolute atomic E-state index is 3.36. The van der Waals surface area contributed by atoms with Crippen LogP contribution >= 0.6 is 12.4 Å². The van der Waals surface area contributed by atoms with Gasteiger partial charge in [0, 0.05) is 0 Å². The van der Waals surface area contributed by atoms with E-state index in [0.717, 1.165) is 0 Å². The van der Waals surface area contributed by atoms with Crippen molar-refractivity contribution in [2.75, 3.05) is 21.1 Å². The molecule has 0 heterocycles. The van der Waals surface area contributed by atoms with Gasteiger partial charge < -0.3 is 4.90 Å². The molecule has 8 heavy (non-hydrogen) atoms. The Kier molecular flexibility index (Phi) is 30.9. The van der Waals surface area contributed by atoms with Gasteiger partial charge in [-0.25, -0.2) is 0 Å². The van der Waals surface area contributed by atoms with E-state index in [1.165, 1.54) is 0 Å². The van der Waals surface area contributed by atoms with E-state index in [0.29, 0.717) is 0 Å². The molecule has 0 aromatic rings. The average molecular weight is 138 g/mol. The van der Waals surface area contributed by atoms with Gasteiger partial charge in [0.05, 0.1) is 0 Å². The van der Waals surface area contributed by atoms with Gasteiger partial charge in [0.1, 0.15) is 0 Å². The highest BCUT2D eigenvalue weighted by molar-refractivity contribution is 5.85. The summed E-state index contributed by atoms with van der Waals surface area (Å²) in [7, 11) is 6.00. The molecule has 0 N–H and O–H groups in total. The molecular formula is C6H16ClN. The molecule has 0 saturated carbocycles. The van der Waals surface area contributed by atoms with Crippen LogP contribution in [0.15, 0.2) is 12.7 Å². The van der Waals surface area contributed by atoms with E-state index in [1.54, 1.807) is 6.08 Å². The maximum atomic E-state index is 3.36. The van der Waals surface area contributed by atoms with Crippen LogP contribution in [0.3, 0.4) is 0 Å². The lowest BCUT2D eigenvalue weighted by molar-refractivity contribution is 0.505. The highest BCUT2D eigenvalue weighted by Gasteiger charge is 1.58. The van der Waals surface area contributed by atoms with Gasteiger partial charge in [-0.2, -0.15) is 0 Å². The summed E-state index contributed by atoms with van der Waals surface area (Å²) < 4.78 is 0. The van der Waals surface area contributed by atoms with Crippen LogP contribution in [0.2, 0.25) is 0 Å². The van der Waals surface area contributed by atoms with Crippen molar-refractivity contribution in [2.24, 2.45) is 0 Å². The number of allylic oxidation sites excluding steroid dienone is 1. The van der Waals surface area contributed by atoms with Crippen LogP contribution in [-0.4, -0.2) is 26.0 Å². The molecule has 0 radical (unpaired) electrons. The normalized spacial score (nSPS) is 6.12. The van der Waals surface area contributed by atoms with E-state index in [4.69, 9.17) is 0 Å². The van der Waals surface area contributed by atoms with Crippen LogP contribution in [0.5, 0.6) is 0 Å². The van der Waals surface area contributed by atoms with Crippen molar-refractivity contribution in [1.82, 2.24) is 4.90 Å². The van der Waals surface area contributed by atoms with Gasteiger partial charge in [0.15, 0.2) is 0 Å². The lowest BCUT2D eigenvalue weighted by Crippen LogP contribution is -1.99. The van der Waals surface area contributed by atoms with Crippen molar-refractivity contribution >= 4 is 12.4 Å². The molecule has 0 aliphatic rings. The predicted molar refractivity (Wildman–Crippen MR) is 42.7 cm³/mol. The number of halogens is 1. The summed E-state index contributed by atoms with van der Waals surface area (Å²) in [5.74, 6) is 0. The molecule has 0 aromatic heterocycles.